The van der Waals surface area contributed by atoms with Gasteiger partial charge in [0, 0.05) is 49.2 Å². The molecule has 1 aromatic carbocycles. The van der Waals surface area contributed by atoms with Gasteiger partial charge in [0.05, 0.1) is 17.4 Å². The summed E-state index contributed by atoms with van der Waals surface area (Å²) in [6.45, 7) is 3.42. The van der Waals surface area contributed by atoms with Gasteiger partial charge in [-0.1, -0.05) is 0 Å². The summed E-state index contributed by atoms with van der Waals surface area (Å²) in [6, 6.07) is 7.10. The van der Waals surface area contributed by atoms with Crippen molar-refractivity contribution in [1.29, 1.82) is 0 Å². The van der Waals surface area contributed by atoms with Crippen molar-refractivity contribution in [2.45, 2.75) is 44.4 Å². The Bertz CT molecular complexity index is 1500. The summed E-state index contributed by atoms with van der Waals surface area (Å²) in [5, 5.41) is 4.04. The smallest absolute Gasteiger partial charge is 0.254 e. The predicted molar refractivity (Wildman–Crippen MR) is 123 cm³/mol. The molecule has 0 bridgehead atoms. The quantitative estimate of drug-likeness (QED) is 0.471. The molecule has 5 heterocycles. The minimum atomic E-state index is -0.480. The topological polar surface area (TPSA) is 77.9 Å². The fourth-order valence-corrected chi connectivity index (χ4v) is 5.54. The van der Waals surface area contributed by atoms with Crippen LogP contribution in [0.3, 0.4) is 0 Å². The summed E-state index contributed by atoms with van der Waals surface area (Å²) in [4.78, 5) is 24.1. The number of aromatic nitrogens is 4. The molecule has 1 aliphatic carbocycles. The highest BCUT2D eigenvalue weighted by Crippen LogP contribution is 2.37. The first-order valence-electron chi connectivity index (χ1n) is 11.8. The van der Waals surface area contributed by atoms with Gasteiger partial charge in [-0.05, 0) is 49.9 Å². The number of fused-ring (bicyclic) bond motifs is 3. The zero-order valence-electron chi connectivity index (χ0n) is 18.9. The van der Waals surface area contributed by atoms with Crippen LogP contribution in [0.15, 0.2) is 30.5 Å². The number of pyridine rings is 1. The first-order chi connectivity index (χ1) is 16.4. The van der Waals surface area contributed by atoms with Crippen LogP contribution in [-0.4, -0.2) is 54.6 Å². The van der Waals surface area contributed by atoms with Crippen LogP contribution in [0.1, 0.15) is 30.1 Å². The summed E-state index contributed by atoms with van der Waals surface area (Å²) in [5.41, 5.74) is 2.54. The van der Waals surface area contributed by atoms with Crippen molar-refractivity contribution in [1.82, 2.24) is 29.3 Å². The van der Waals surface area contributed by atoms with Crippen LogP contribution >= 0.6 is 0 Å². The Kier molecular flexibility index (Phi) is 4.04. The number of hydrogen-bond donors (Lipinski definition) is 1. The molecule has 2 saturated heterocycles. The Morgan fingerprint density at radius 1 is 1.21 bits per heavy atom. The van der Waals surface area contributed by atoms with Gasteiger partial charge in [0.2, 0.25) is 0 Å². The number of halogens is 2. The Labute approximate surface area is 194 Å². The molecule has 2 aliphatic heterocycles. The van der Waals surface area contributed by atoms with Crippen LogP contribution in [-0.2, 0) is 13.6 Å². The normalized spacial score (nSPS) is 23.8. The molecule has 7 nitrogen and oxygen atoms in total. The third kappa shape index (κ3) is 2.92. The predicted octanol–water partition coefficient (Wildman–Crippen LogP) is 3.46. The van der Waals surface area contributed by atoms with E-state index in [0.29, 0.717) is 58.0 Å². The SMILES string of the molecule is C[C@@H]1[C@@H]2N[C@@H]2CN1C(=O)c1cc(F)c2c(c1)nc(-c1cc3cc(F)cnc3n1CC1CC1)n2C. The molecule has 0 radical (unpaired) electrons. The maximum Gasteiger partial charge on any atom is 0.254 e. The Balaban J connectivity index is 1.35. The number of carbonyl (C=O) groups is 1. The van der Waals surface area contributed by atoms with Gasteiger partial charge in [0.25, 0.3) is 5.91 Å². The first kappa shape index (κ1) is 20.1. The third-order valence-electron chi connectivity index (χ3n) is 7.63. The second kappa shape index (κ2) is 6.85. The highest BCUT2D eigenvalue weighted by atomic mass is 19.1. The molecule has 0 unspecified atom stereocenters. The lowest BCUT2D eigenvalue weighted by atomic mass is 10.1. The van der Waals surface area contributed by atoms with Gasteiger partial charge < -0.3 is 19.4 Å². The fraction of sp³-hybridized carbons (Fsp3) is 0.400. The Morgan fingerprint density at radius 2 is 2.03 bits per heavy atom. The summed E-state index contributed by atoms with van der Waals surface area (Å²) in [5.74, 6) is 0.0756. The van der Waals surface area contributed by atoms with E-state index in [2.05, 4.69) is 14.9 Å². The molecule has 9 heteroatoms. The minimum Gasteiger partial charge on any atom is -0.333 e. The van der Waals surface area contributed by atoms with Crippen molar-refractivity contribution in [2.24, 2.45) is 13.0 Å². The van der Waals surface area contributed by atoms with E-state index in [0.717, 1.165) is 25.1 Å². The average molecular weight is 463 g/mol. The number of hydrogen-bond acceptors (Lipinski definition) is 4. The number of amides is 1. The Hall–Kier alpha value is -3.33. The number of aryl methyl sites for hydroxylation is 1. The first-order valence-corrected chi connectivity index (χ1v) is 11.8. The molecule has 3 fully saturated rings. The molecule has 3 aliphatic rings. The zero-order valence-corrected chi connectivity index (χ0v) is 18.9. The molecule has 1 amide bonds. The molecular weight excluding hydrogens is 438 g/mol. The molecule has 7 rings (SSSR count). The molecule has 34 heavy (non-hydrogen) atoms. The second-order valence-electron chi connectivity index (χ2n) is 9.97. The zero-order chi connectivity index (χ0) is 23.3. The van der Waals surface area contributed by atoms with Crippen molar-refractivity contribution in [3.8, 4) is 11.5 Å². The molecule has 4 aromatic rings. The van der Waals surface area contributed by atoms with Gasteiger partial charge in [0.15, 0.2) is 5.82 Å². The highest BCUT2D eigenvalue weighted by molar-refractivity contribution is 5.98. The monoisotopic (exact) mass is 462 g/mol. The van der Waals surface area contributed by atoms with Crippen molar-refractivity contribution in [3.63, 3.8) is 0 Å². The summed E-state index contributed by atoms with van der Waals surface area (Å²) < 4.78 is 33.0. The van der Waals surface area contributed by atoms with Gasteiger partial charge in [-0.25, -0.2) is 18.7 Å². The van der Waals surface area contributed by atoms with Crippen LogP contribution < -0.4 is 5.32 Å². The molecule has 1 saturated carbocycles. The number of piperazine rings is 1. The lowest BCUT2D eigenvalue weighted by Gasteiger charge is -2.24. The largest absolute Gasteiger partial charge is 0.333 e. The maximum atomic E-state index is 15.3. The van der Waals surface area contributed by atoms with Crippen molar-refractivity contribution in [3.05, 3.63) is 47.7 Å². The number of carbonyl (C=O) groups excluding carboxylic acids is 1. The van der Waals surface area contributed by atoms with Gasteiger partial charge in [-0.3, -0.25) is 4.79 Å². The lowest BCUT2D eigenvalue weighted by molar-refractivity contribution is 0.0727. The highest BCUT2D eigenvalue weighted by Gasteiger charge is 2.51. The lowest BCUT2D eigenvalue weighted by Crippen LogP contribution is -2.40. The van der Waals surface area contributed by atoms with Crippen LogP contribution in [0.25, 0.3) is 33.6 Å². The Morgan fingerprint density at radius 3 is 2.76 bits per heavy atom. The average Bonchev–Trinajstić information content (AvgIpc) is 3.69. The van der Waals surface area contributed by atoms with E-state index in [-0.39, 0.29) is 11.9 Å². The summed E-state index contributed by atoms with van der Waals surface area (Å²) >= 11 is 0. The fourth-order valence-electron chi connectivity index (χ4n) is 5.54. The van der Waals surface area contributed by atoms with E-state index in [1.807, 2.05) is 17.9 Å². The van der Waals surface area contributed by atoms with Crippen LogP contribution in [0.5, 0.6) is 0 Å². The molecule has 0 spiro atoms. The number of rotatable bonds is 4. The summed E-state index contributed by atoms with van der Waals surface area (Å²) in [7, 11) is 1.77. The van der Waals surface area contributed by atoms with E-state index in [1.54, 1.807) is 17.7 Å². The van der Waals surface area contributed by atoms with Gasteiger partial charge in [-0.15, -0.1) is 0 Å². The van der Waals surface area contributed by atoms with Crippen LogP contribution in [0.4, 0.5) is 8.78 Å². The van der Waals surface area contributed by atoms with E-state index in [1.165, 1.54) is 18.3 Å². The van der Waals surface area contributed by atoms with Gasteiger partial charge in [0.1, 0.15) is 22.8 Å². The number of benzene rings is 1. The van der Waals surface area contributed by atoms with Crippen molar-refractivity contribution < 1.29 is 13.6 Å². The van der Waals surface area contributed by atoms with E-state index >= 15 is 4.39 Å². The molecule has 3 atom stereocenters. The van der Waals surface area contributed by atoms with Crippen molar-refractivity contribution >= 4 is 28.0 Å². The summed E-state index contributed by atoms with van der Waals surface area (Å²) in [6.07, 6.45) is 3.52. The number of nitrogens with one attached hydrogen (secondary N) is 1. The third-order valence-corrected chi connectivity index (χ3v) is 7.63. The molecular formula is C25H24F2N6O. The molecule has 3 aromatic heterocycles. The molecule has 174 valence electrons. The van der Waals surface area contributed by atoms with E-state index in [9.17, 15) is 9.18 Å². The van der Waals surface area contributed by atoms with E-state index in [4.69, 9.17) is 4.98 Å². The minimum absolute atomic E-state index is 0.0848. The van der Waals surface area contributed by atoms with E-state index < -0.39 is 11.6 Å². The number of nitrogens with zero attached hydrogens (tertiary/aromatic N) is 5. The maximum absolute atomic E-state index is 15.3. The molecule has 1 N–H and O–H groups in total. The van der Waals surface area contributed by atoms with Gasteiger partial charge in [-0.2, -0.15) is 0 Å². The second-order valence-corrected chi connectivity index (χ2v) is 9.97. The van der Waals surface area contributed by atoms with Gasteiger partial charge >= 0.3 is 0 Å². The number of imidazole rings is 1. The van der Waals surface area contributed by atoms with Crippen LogP contribution in [0.2, 0.25) is 0 Å². The number of likely N-dealkylation sites (tertiary alicyclic amines) is 1. The van der Waals surface area contributed by atoms with Crippen LogP contribution in [0, 0.1) is 17.6 Å². The van der Waals surface area contributed by atoms with Crippen molar-refractivity contribution in [2.75, 3.05) is 6.54 Å². The standard InChI is InChI=1S/C25H24F2N6O/c1-12-21-19(29-21)11-32(12)25(34)15-6-17(27)22-18(7-15)30-24(31(22)2)20-8-14-5-16(26)9-28-23(14)33(20)10-13-3-4-13/h5-9,12-13,19,21,29H,3-4,10-11H2,1-2H3/t12-,19-,21+/m1/s1.